The second kappa shape index (κ2) is 24.6. The summed E-state index contributed by atoms with van der Waals surface area (Å²) in [6, 6.07) is 44.3. The predicted octanol–water partition coefficient (Wildman–Crippen LogP) is 13.0. The molecule has 93 heavy (non-hydrogen) atoms. The molecule has 28 heteroatoms. The number of aromatic hydroxyl groups is 3. The zero-order valence-electron chi connectivity index (χ0n) is 47.5. The molecule has 0 unspecified atom stereocenters. The fraction of sp³-hybridized carbons (Fsp3) is 0. The average Bonchev–Trinajstić information content (AvgIpc) is 1.64. The number of carbonyl (C=O) groups excluding carboxylic acids is 3. The van der Waals surface area contributed by atoms with Crippen molar-refractivity contribution in [3.63, 3.8) is 0 Å². The highest BCUT2D eigenvalue weighted by molar-refractivity contribution is 6.16. The average molecular weight is 1220 g/mol. The number of phenols is 3. The molecule has 13 aromatic rings. The second-order valence-electron chi connectivity index (χ2n) is 19.9. The molecular formula is C65H38N22O6. The number of azo groups is 3. The third-order valence-electron chi connectivity index (χ3n) is 14.2. The number of pyridine rings is 1. The maximum absolute atomic E-state index is 14.8. The smallest absolute Gasteiger partial charge is 0.259 e. The van der Waals surface area contributed by atoms with E-state index in [1.54, 1.807) is 103 Å². The van der Waals surface area contributed by atoms with Gasteiger partial charge in [0.25, 0.3) is 23.7 Å². The molecule has 0 spiro atoms. The van der Waals surface area contributed by atoms with Crippen molar-refractivity contribution in [3.05, 3.63) is 229 Å². The predicted molar refractivity (Wildman–Crippen MR) is 336 cm³/mol. The molecule has 28 nitrogen and oxygen atoms in total. The minimum absolute atomic E-state index is 0.00436. The lowest BCUT2D eigenvalue weighted by atomic mass is 10.0. The number of fused-ring (bicyclic) bond motifs is 3. The fourth-order valence-electron chi connectivity index (χ4n) is 9.93. The number of aromatic nitrogens is 10. The summed E-state index contributed by atoms with van der Waals surface area (Å²) in [6.07, 6.45) is 11.5. The summed E-state index contributed by atoms with van der Waals surface area (Å²) in [5, 5.41) is 111. The van der Waals surface area contributed by atoms with Crippen molar-refractivity contribution in [1.29, 1.82) is 15.8 Å². The van der Waals surface area contributed by atoms with E-state index in [4.69, 9.17) is 0 Å². The number of hydrogen-bond acceptors (Lipinski definition) is 22. The van der Waals surface area contributed by atoms with Gasteiger partial charge >= 0.3 is 0 Å². The van der Waals surface area contributed by atoms with Gasteiger partial charge in [-0.1, -0.05) is 78.9 Å². The van der Waals surface area contributed by atoms with E-state index in [2.05, 4.69) is 87.8 Å². The number of amides is 3. The Balaban J connectivity index is 0.885. The van der Waals surface area contributed by atoms with Gasteiger partial charge in [-0.2, -0.15) is 35.3 Å². The molecule has 3 amide bonds. The van der Waals surface area contributed by atoms with Crippen LogP contribution >= 0.6 is 0 Å². The Hall–Kier alpha value is -14.6. The first-order valence-corrected chi connectivity index (χ1v) is 27.6. The lowest BCUT2D eigenvalue weighted by Gasteiger charge is -2.16. The molecule has 0 saturated heterocycles. The third-order valence-corrected chi connectivity index (χ3v) is 14.2. The van der Waals surface area contributed by atoms with Gasteiger partial charge < -0.3 is 31.3 Å². The number of hydrogen-bond donors (Lipinski definition) is 6. The molecule has 0 aliphatic heterocycles. The number of phenolic OH excluding ortho intramolecular Hbond substituents is 3. The molecule has 0 bridgehead atoms. The molecule has 6 N–H and O–H groups in total. The first-order valence-electron chi connectivity index (χ1n) is 27.6. The SMILES string of the molecule is N#Cc1ccn(-c2ncccn2)c1N=Nc1c(O)c(C(=O)Nc2cc(NC(=O)c3cc4ccccc4c(N=Nc4c(C#N)cnn4-c4ccccn4)c3O)cc(NC(=O)c3cc4ccccc4c(N=Nc4c(C#N)cnn4-c4ncccn4)c3O)c2)cc2ccccc12. The van der Waals surface area contributed by atoms with Crippen molar-refractivity contribution in [2.45, 2.75) is 0 Å². The van der Waals surface area contributed by atoms with Crippen LogP contribution in [0, 0.1) is 34.0 Å². The van der Waals surface area contributed by atoms with E-state index in [9.17, 15) is 45.5 Å². The molecule has 0 atom stereocenters. The minimum atomic E-state index is -0.922. The van der Waals surface area contributed by atoms with E-state index in [1.165, 1.54) is 106 Å². The molecule has 6 aromatic heterocycles. The van der Waals surface area contributed by atoms with Crippen molar-refractivity contribution >= 4 is 102 Å². The maximum Gasteiger partial charge on any atom is 0.259 e. The van der Waals surface area contributed by atoms with Crippen LogP contribution in [0.4, 0.5) is 51.6 Å². The Morgan fingerprint density at radius 3 is 1.23 bits per heavy atom. The summed E-state index contributed by atoms with van der Waals surface area (Å²) >= 11 is 0. The van der Waals surface area contributed by atoms with Gasteiger partial charge in [0.15, 0.2) is 40.5 Å². The zero-order valence-corrected chi connectivity index (χ0v) is 47.5. The summed E-state index contributed by atoms with van der Waals surface area (Å²) in [5.74, 6) is -4.13. The van der Waals surface area contributed by atoms with Crippen molar-refractivity contribution < 1.29 is 29.7 Å². The van der Waals surface area contributed by atoms with E-state index < -0.39 is 35.0 Å². The highest BCUT2D eigenvalue weighted by atomic mass is 16.3. The lowest BCUT2D eigenvalue weighted by Crippen LogP contribution is -2.16. The van der Waals surface area contributed by atoms with Crippen LogP contribution in [0.2, 0.25) is 0 Å². The molecule has 0 radical (unpaired) electrons. The standard InChI is InChI=1S/C65H38N22O6/c66-31-39-18-24-85(64-70-20-9-21-71-64)58(39)82-79-52-45-14-4-1-11-36(45)25-48(55(52)88)61(91)76-42-28-43(77-62(92)49-26-37-12-2-5-15-46(37)53(56(49)89)80-83-59-40(32-67)34-74-86(59)51-17-7-8-19-69-51)30-44(29-42)78-63(93)50-27-38-13-3-6-16-47(38)54(57(50)90)81-84-60-41(33-68)35-75-87(60)65-72-22-10-23-73-65/h1-30,34-35,88-90H,(H,76,91)(H,77,92)(H,78,93). The molecule has 0 fully saturated rings. The van der Waals surface area contributed by atoms with E-state index in [0.717, 1.165) is 0 Å². The summed E-state index contributed by atoms with van der Waals surface area (Å²) in [7, 11) is 0. The summed E-state index contributed by atoms with van der Waals surface area (Å²) in [5.41, 5.74) is -1.51. The molecule has 0 aliphatic carbocycles. The quantitative estimate of drug-likeness (QED) is 0.0519. The van der Waals surface area contributed by atoms with Crippen LogP contribution in [-0.4, -0.2) is 82.1 Å². The molecular weight excluding hydrogens is 1180 g/mol. The van der Waals surface area contributed by atoms with Crippen molar-refractivity contribution in [2.75, 3.05) is 16.0 Å². The lowest BCUT2D eigenvalue weighted by molar-refractivity contribution is 0.101. The first kappa shape index (κ1) is 57.5. The van der Waals surface area contributed by atoms with Gasteiger partial charge in [-0.05, 0) is 82.9 Å². The van der Waals surface area contributed by atoms with Gasteiger partial charge in [-0.3, -0.25) is 19.0 Å². The molecule has 444 valence electrons. The van der Waals surface area contributed by atoms with Gasteiger partial charge in [0.05, 0.1) is 34.6 Å². The number of benzene rings is 7. The highest BCUT2D eigenvalue weighted by Gasteiger charge is 2.25. The fourth-order valence-corrected chi connectivity index (χ4v) is 9.93. The Bertz CT molecular complexity index is 4870. The van der Waals surface area contributed by atoms with E-state index in [0.29, 0.717) is 38.1 Å². The van der Waals surface area contributed by atoms with Crippen molar-refractivity contribution in [2.24, 2.45) is 30.7 Å². The highest BCUT2D eigenvalue weighted by Crippen LogP contribution is 2.44. The number of nitrogens with one attached hydrogen (secondary N) is 3. The van der Waals surface area contributed by atoms with Crippen LogP contribution in [0.3, 0.4) is 0 Å². The number of anilines is 3. The Labute approximate surface area is 522 Å². The summed E-state index contributed by atoms with van der Waals surface area (Å²) < 4.78 is 3.90. The second-order valence-corrected chi connectivity index (χ2v) is 19.9. The normalized spacial score (nSPS) is 11.3. The Morgan fingerprint density at radius 2 is 0.796 bits per heavy atom. The number of nitriles is 3. The molecule has 7 aromatic carbocycles. The van der Waals surface area contributed by atoms with Crippen molar-refractivity contribution in [1.82, 2.24) is 49.0 Å². The van der Waals surface area contributed by atoms with Crippen LogP contribution in [0.15, 0.2) is 226 Å². The summed E-state index contributed by atoms with van der Waals surface area (Å²) in [4.78, 5) is 65.5. The van der Waals surface area contributed by atoms with Gasteiger partial charge in [0, 0.05) is 70.4 Å². The molecule has 0 saturated carbocycles. The van der Waals surface area contributed by atoms with Gasteiger partial charge in [-0.15, -0.1) is 30.7 Å². The van der Waals surface area contributed by atoms with Crippen molar-refractivity contribution in [3.8, 4) is 53.2 Å². The summed E-state index contributed by atoms with van der Waals surface area (Å²) in [6.45, 7) is 0. The van der Waals surface area contributed by atoms with Gasteiger partial charge in [0.1, 0.15) is 46.4 Å². The minimum Gasteiger partial charge on any atom is -0.505 e. The molecule has 0 aliphatic rings. The largest absolute Gasteiger partial charge is 0.505 e. The number of rotatable bonds is 15. The van der Waals surface area contributed by atoms with E-state index >= 15 is 0 Å². The van der Waals surface area contributed by atoms with E-state index in [-0.39, 0.29) is 96.9 Å². The van der Waals surface area contributed by atoms with Crippen LogP contribution in [0.5, 0.6) is 17.2 Å². The molecule has 13 rings (SSSR count). The van der Waals surface area contributed by atoms with Crippen LogP contribution in [0.1, 0.15) is 47.8 Å². The zero-order chi connectivity index (χ0) is 64.1. The van der Waals surface area contributed by atoms with Crippen LogP contribution < -0.4 is 16.0 Å². The molecule has 6 heterocycles. The van der Waals surface area contributed by atoms with Crippen LogP contribution in [-0.2, 0) is 0 Å². The topological polar surface area (TPSA) is 399 Å². The van der Waals surface area contributed by atoms with Crippen LogP contribution in [0.25, 0.3) is 50.0 Å². The monoisotopic (exact) mass is 1220 g/mol. The van der Waals surface area contributed by atoms with Gasteiger partial charge in [0.2, 0.25) is 5.95 Å². The van der Waals surface area contributed by atoms with Gasteiger partial charge in [-0.25, -0.2) is 24.9 Å². The first-order chi connectivity index (χ1) is 45.5. The Kier molecular flexibility index (Phi) is 15.2. The Morgan fingerprint density at radius 1 is 0.409 bits per heavy atom. The maximum atomic E-state index is 14.8. The van der Waals surface area contributed by atoms with E-state index in [1.807, 2.05) is 12.1 Å². The number of carbonyl (C=O) groups is 3. The third kappa shape index (κ3) is 11.2. The number of nitrogens with zero attached hydrogens (tertiary/aromatic N) is 19.